The minimum absolute atomic E-state index is 0.181. The Hall–Kier alpha value is -2.05. The van der Waals surface area contributed by atoms with Gasteiger partial charge < -0.3 is 148 Å². The van der Waals surface area contributed by atoms with Crippen molar-refractivity contribution in [2.24, 2.45) is 0 Å². The summed E-state index contributed by atoms with van der Waals surface area (Å²) in [7, 11) is 0. The molecule has 31 nitrogen and oxygen atoms in total. The number of nitrogens with zero attached hydrogens (tertiary/aromatic N) is 1. The number of aliphatic hydroxyl groups excluding tert-OH is 17. The lowest BCUT2D eigenvalue weighted by Gasteiger charge is -2.51. The Morgan fingerprint density at radius 1 is 0.351 bits per heavy atom. The zero-order valence-corrected chi connectivity index (χ0v) is 39.1. The molecule has 12 bridgehead atoms. The molecule has 22 aliphatic heterocycles. The van der Waals surface area contributed by atoms with Crippen LogP contribution in [0.3, 0.4) is 0 Å². The smallest absolute Gasteiger partial charge is 0.187 e. The highest BCUT2D eigenvalue weighted by molar-refractivity contribution is 5.09. The topological polar surface area (TPSA) is 477 Å². The van der Waals surface area contributed by atoms with Gasteiger partial charge in [0.05, 0.1) is 46.2 Å². The summed E-state index contributed by atoms with van der Waals surface area (Å²) < 4.78 is 75.9. The Kier molecular flexibility index (Phi) is 19.9. The van der Waals surface area contributed by atoms with E-state index in [0.717, 1.165) is 0 Å². The van der Waals surface area contributed by atoms with Gasteiger partial charge in [-0.05, 0) is 18.1 Å². The zero-order chi connectivity index (χ0) is 53.3. The van der Waals surface area contributed by atoms with Crippen molar-refractivity contribution in [3.05, 3.63) is 30.1 Å². The molecule has 0 aromatic carbocycles. The maximum atomic E-state index is 11.9. The molecule has 1 aromatic heterocycles. The molecule has 0 saturated carbocycles. The normalized spacial score (nSPS) is 50.6. The van der Waals surface area contributed by atoms with Gasteiger partial charge in [-0.25, -0.2) is 0 Å². The molecule has 30 atom stereocenters. The number of aliphatic hydroxyl groups is 17. The van der Waals surface area contributed by atoms with Crippen LogP contribution in [0.25, 0.3) is 0 Å². The summed E-state index contributed by atoms with van der Waals surface area (Å²) in [6.07, 6.45) is -54.1. The van der Waals surface area contributed by atoms with Crippen LogP contribution in [0.4, 0.5) is 0 Å². The lowest BCUT2D eigenvalue weighted by atomic mass is 9.94. The highest BCUT2D eigenvalue weighted by atomic mass is 16.8. The van der Waals surface area contributed by atoms with Gasteiger partial charge in [0.25, 0.3) is 0 Å². The summed E-state index contributed by atoms with van der Waals surface area (Å²) in [5.74, 6) is 0. The summed E-state index contributed by atoms with van der Waals surface area (Å²) >= 11 is 0. The largest absolute Gasteiger partial charge is 0.394 e. The molecule has 0 unspecified atom stereocenters. The van der Waals surface area contributed by atoms with Crippen molar-refractivity contribution in [2.45, 2.75) is 191 Å². The first-order valence-corrected chi connectivity index (χ1v) is 24.0. The predicted octanol–water partition coefficient (Wildman–Crippen LogP) is -11.4. The molecule has 17 N–H and O–H groups in total. The standard InChI is InChI=1S/C43H67NO30/c45-7-14-31-20(51)25(56)38(63-14)70-32-15(8-46)65-40(27(58)22(32)53)72-34-17(10-48)67-42(29(60)24(34)55)74-36-19(12-50)68-43(30(61)37(36)62-5-3-13-2-1-4-44-6-13)73-35-18(11-49)66-41(28(59)23(35)54)71-33-16(9-47)64-39(69-31)26(57)21(33)52/h1-2,4,6,14-43,45-61H,3,5,7-12H2/t14-,15-,16-,17-,18-,19-,20-,21-,22-,23-,24-,25-,26-,27-,28-,29-,30-,31-,32-,33-,34-,35-,36+,37-,38-,39-,40-,41-,42-,43-/m1/s1. The molecule has 0 amide bonds. The molecule has 424 valence electrons. The molecule has 22 fully saturated rings. The molecule has 1 aromatic rings. The molecule has 22 aliphatic rings. The van der Waals surface area contributed by atoms with Gasteiger partial charge in [0.2, 0.25) is 0 Å². The number of ether oxygens (including phenoxy) is 13. The molecule has 22 saturated heterocycles. The summed E-state index contributed by atoms with van der Waals surface area (Å²) in [5.41, 5.74) is 0.682. The van der Waals surface area contributed by atoms with E-state index in [4.69, 9.17) is 61.6 Å². The van der Waals surface area contributed by atoms with Crippen LogP contribution >= 0.6 is 0 Å². The Bertz CT molecular complexity index is 1860. The van der Waals surface area contributed by atoms with Gasteiger partial charge in [0, 0.05) is 12.4 Å². The molecule has 74 heavy (non-hydrogen) atoms. The third-order valence-corrected chi connectivity index (χ3v) is 14.1. The van der Waals surface area contributed by atoms with Crippen LogP contribution in [-0.4, -0.2) is 322 Å². The first-order valence-electron chi connectivity index (χ1n) is 24.0. The second kappa shape index (κ2) is 25.4. The van der Waals surface area contributed by atoms with Gasteiger partial charge in [-0.15, -0.1) is 0 Å². The zero-order valence-electron chi connectivity index (χ0n) is 39.1. The minimum Gasteiger partial charge on any atom is -0.394 e. The van der Waals surface area contributed by atoms with Crippen molar-refractivity contribution in [2.75, 3.05) is 46.2 Å². The van der Waals surface area contributed by atoms with Gasteiger partial charge in [-0.3, -0.25) is 4.98 Å². The monoisotopic (exact) mass is 1080 g/mol. The average molecular weight is 1080 g/mol. The molecular weight excluding hydrogens is 1010 g/mol. The molecule has 0 spiro atoms. The van der Waals surface area contributed by atoms with Crippen molar-refractivity contribution in [1.82, 2.24) is 4.98 Å². The third kappa shape index (κ3) is 11.8. The van der Waals surface area contributed by atoms with E-state index in [1.807, 2.05) is 0 Å². The Labute approximate surface area is 419 Å². The molecular formula is C43H67NO30. The number of hydrogen-bond donors (Lipinski definition) is 17. The Morgan fingerprint density at radius 2 is 0.622 bits per heavy atom. The quantitative estimate of drug-likeness (QED) is 0.103. The summed E-state index contributed by atoms with van der Waals surface area (Å²) in [6, 6.07) is 3.39. The predicted molar refractivity (Wildman–Crippen MR) is 227 cm³/mol. The fraction of sp³-hybridized carbons (Fsp3) is 0.884. The Morgan fingerprint density at radius 3 is 0.892 bits per heavy atom. The van der Waals surface area contributed by atoms with Gasteiger partial charge in [0.1, 0.15) is 146 Å². The van der Waals surface area contributed by atoms with Crippen LogP contribution < -0.4 is 0 Å². The molecule has 0 aliphatic carbocycles. The fourth-order valence-corrected chi connectivity index (χ4v) is 9.96. The molecule has 0 radical (unpaired) electrons. The lowest BCUT2D eigenvalue weighted by Crippen LogP contribution is -2.69. The third-order valence-electron chi connectivity index (χ3n) is 14.1. The van der Waals surface area contributed by atoms with Crippen molar-refractivity contribution < 1.29 is 148 Å². The molecule has 23 rings (SSSR count). The maximum Gasteiger partial charge on any atom is 0.187 e. The number of pyridine rings is 1. The van der Waals surface area contributed by atoms with Gasteiger partial charge >= 0.3 is 0 Å². The van der Waals surface area contributed by atoms with E-state index in [1.165, 1.54) is 6.20 Å². The first kappa shape index (κ1) is 58.1. The van der Waals surface area contributed by atoms with Crippen molar-refractivity contribution in [3.8, 4) is 0 Å². The summed E-state index contributed by atoms with van der Waals surface area (Å²) in [5, 5.41) is 188. The molecule has 23 heterocycles. The summed E-state index contributed by atoms with van der Waals surface area (Å²) in [4.78, 5) is 4.06. The summed E-state index contributed by atoms with van der Waals surface area (Å²) in [6.45, 7) is -6.07. The van der Waals surface area contributed by atoms with Crippen LogP contribution in [0.5, 0.6) is 0 Å². The fourth-order valence-electron chi connectivity index (χ4n) is 9.96. The van der Waals surface area contributed by atoms with E-state index in [0.29, 0.717) is 5.56 Å². The van der Waals surface area contributed by atoms with Crippen LogP contribution in [0, 0.1) is 0 Å². The number of aromatic nitrogens is 1. The van der Waals surface area contributed by atoms with Crippen LogP contribution in [0.15, 0.2) is 24.5 Å². The molecule has 31 heteroatoms. The van der Waals surface area contributed by atoms with Crippen molar-refractivity contribution >= 4 is 0 Å². The van der Waals surface area contributed by atoms with Gasteiger partial charge in [0.15, 0.2) is 37.7 Å². The highest BCUT2D eigenvalue weighted by Gasteiger charge is 2.59. The maximum absolute atomic E-state index is 11.9. The number of rotatable bonds is 10. The van der Waals surface area contributed by atoms with Crippen LogP contribution in [0.1, 0.15) is 5.56 Å². The van der Waals surface area contributed by atoms with Gasteiger partial charge in [-0.1, -0.05) is 6.07 Å². The van der Waals surface area contributed by atoms with Crippen molar-refractivity contribution in [3.63, 3.8) is 0 Å². The van der Waals surface area contributed by atoms with E-state index < -0.39 is 224 Å². The van der Waals surface area contributed by atoms with E-state index in [-0.39, 0.29) is 13.0 Å². The van der Waals surface area contributed by atoms with Crippen LogP contribution in [-0.2, 0) is 68.0 Å². The lowest BCUT2D eigenvalue weighted by molar-refractivity contribution is -0.404. The minimum atomic E-state index is -2.15. The van der Waals surface area contributed by atoms with Gasteiger partial charge in [-0.2, -0.15) is 0 Å². The van der Waals surface area contributed by atoms with Crippen molar-refractivity contribution in [1.29, 1.82) is 0 Å². The Balaban J connectivity index is 1.11. The highest BCUT2D eigenvalue weighted by Crippen LogP contribution is 2.38. The SMILES string of the molecule is OC[C@H]1O[C@@H]2O[C@H]3[C@H](O)[C@@H](O)[C@@H](O[C@H]4[C@H](O)[C@@H](O)[C@@H](O[C@H]5[C@H](O)[C@@H](O)[C@@H](O[C@H]6[C@H](O)[C@@H](O)[C@@H](O[C@H]7[C@H](O)[C@@H](O)[C@@H](O[C@@H]1[C@H](OCCc1cccnc1)[C@H]2O)O[C@@H]7CO)O[C@@H]6CO)O[C@@H]5CO)O[C@@H]4CO)O[C@@H]3CO. The second-order valence-corrected chi connectivity index (χ2v) is 18.8. The van der Waals surface area contributed by atoms with E-state index in [1.54, 1.807) is 18.3 Å². The van der Waals surface area contributed by atoms with E-state index in [2.05, 4.69) is 4.98 Å². The first-order chi connectivity index (χ1) is 35.5. The van der Waals surface area contributed by atoms with E-state index in [9.17, 15) is 86.8 Å². The average Bonchev–Trinajstić information content (AvgIpc) is 3.40. The number of hydrogen-bond acceptors (Lipinski definition) is 31. The van der Waals surface area contributed by atoms with Crippen LogP contribution in [0.2, 0.25) is 0 Å². The van der Waals surface area contributed by atoms with E-state index >= 15 is 0 Å². The second-order valence-electron chi connectivity index (χ2n) is 18.8.